The third-order valence-corrected chi connectivity index (χ3v) is 3.41. The first-order chi connectivity index (χ1) is 9.78. The molecule has 1 atom stereocenters. The number of nitrogens with one attached hydrogen (secondary N) is 1. The van der Waals surface area contributed by atoms with Gasteiger partial charge in [-0.15, -0.1) is 0 Å². The summed E-state index contributed by atoms with van der Waals surface area (Å²) in [5, 5.41) is 7.57. The third-order valence-electron chi connectivity index (χ3n) is 3.41. The highest BCUT2D eigenvalue weighted by molar-refractivity contribution is 5.53. The summed E-state index contributed by atoms with van der Waals surface area (Å²) >= 11 is 0. The molecule has 3 aromatic rings. The summed E-state index contributed by atoms with van der Waals surface area (Å²) < 4.78 is 15.1. The van der Waals surface area contributed by atoms with Crippen LogP contribution in [-0.4, -0.2) is 21.6 Å². The van der Waals surface area contributed by atoms with Crippen molar-refractivity contribution in [3.8, 4) is 0 Å². The number of fused-ring (bicyclic) bond motifs is 1. The van der Waals surface area contributed by atoms with Crippen LogP contribution in [0.1, 0.15) is 17.2 Å². The lowest BCUT2D eigenvalue weighted by Crippen LogP contribution is -2.18. The van der Waals surface area contributed by atoms with Gasteiger partial charge in [0.25, 0.3) is 0 Å². The summed E-state index contributed by atoms with van der Waals surface area (Å²) in [5.41, 5.74) is 2.97. The molecule has 0 spiro atoms. The fourth-order valence-corrected chi connectivity index (χ4v) is 2.39. The Balaban J connectivity index is 1.93. The van der Waals surface area contributed by atoms with Gasteiger partial charge in [-0.2, -0.15) is 5.10 Å². The van der Waals surface area contributed by atoms with Gasteiger partial charge in [-0.25, -0.2) is 8.91 Å². The Bertz CT molecular complexity index is 722. The molecule has 102 valence electrons. The van der Waals surface area contributed by atoms with E-state index in [4.69, 9.17) is 0 Å². The summed E-state index contributed by atoms with van der Waals surface area (Å²) in [7, 11) is 1.89. The zero-order valence-corrected chi connectivity index (χ0v) is 11.1. The lowest BCUT2D eigenvalue weighted by atomic mass is 10.0. The van der Waals surface area contributed by atoms with Gasteiger partial charge in [0, 0.05) is 24.0 Å². The van der Waals surface area contributed by atoms with E-state index in [2.05, 4.69) is 15.4 Å². The molecule has 1 aromatic carbocycles. The van der Waals surface area contributed by atoms with Crippen molar-refractivity contribution < 1.29 is 4.39 Å². The van der Waals surface area contributed by atoms with Crippen molar-refractivity contribution in [2.75, 3.05) is 7.05 Å². The fraction of sp³-hybridized carbons (Fsp3) is 0.200. The molecule has 20 heavy (non-hydrogen) atoms. The number of likely N-dealkylation sites (N-methyl/N-ethyl adjacent to an activating group) is 1. The van der Waals surface area contributed by atoms with Crippen LogP contribution in [0.2, 0.25) is 0 Å². The fourth-order valence-electron chi connectivity index (χ4n) is 2.39. The Labute approximate surface area is 116 Å². The van der Waals surface area contributed by atoms with Crippen molar-refractivity contribution in [1.29, 1.82) is 0 Å². The SMILES string of the molecule is CNC(Cc1cccc(F)c1)c1cnn2ccncc12. The summed E-state index contributed by atoms with van der Waals surface area (Å²) in [4.78, 5) is 4.13. The number of aromatic nitrogens is 3. The Kier molecular flexibility index (Phi) is 3.43. The minimum Gasteiger partial charge on any atom is -0.313 e. The maximum Gasteiger partial charge on any atom is 0.123 e. The summed E-state index contributed by atoms with van der Waals surface area (Å²) in [5.74, 6) is -0.209. The van der Waals surface area contributed by atoms with Crippen LogP contribution < -0.4 is 5.32 Å². The Morgan fingerprint density at radius 1 is 1.35 bits per heavy atom. The second kappa shape index (κ2) is 5.38. The van der Waals surface area contributed by atoms with E-state index in [9.17, 15) is 4.39 Å². The van der Waals surface area contributed by atoms with E-state index in [0.717, 1.165) is 16.6 Å². The maximum absolute atomic E-state index is 13.3. The zero-order chi connectivity index (χ0) is 13.9. The van der Waals surface area contributed by atoms with Gasteiger partial charge in [-0.3, -0.25) is 4.98 Å². The molecule has 2 heterocycles. The minimum atomic E-state index is -0.209. The predicted octanol–water partition coefficient (Wildman–Crippen LogP) is 2.37. The van der Waals surface area contributed by atoms with Crippen LogP contribution >= 0.6 is 0 Å². The number of benzene rings is 1. The minimum absolute atomic E-state index is 0.0681. The van der Waals surface area contributed by atoms with Crippen LogP contribution in [-0.2, 0) is 6.42 Å². The molecule has 0 fully saturated rings. The summed E-state index contributed by atoms with van der Waals surface area (Å²) in [6.45, 7) is 0. The van der Waals surface area contributed by atoms with Gasteiger partial charge in [-0.05, 0) is 31.2 Å². The first-order valence-corrected chi connectivity index (χ1v) is 6.47. The van der Waals surface area contributed by atoms with Crippen LogP contribution in [0, 0.1) is 5.82 Å². The third kappa shape index (κ3) is 2.40. The van der Waals surface area contributed by atoms with Gasteiger partial charge in [0.2, 0.25) is 0 Å². The lowest BCUT2D eigenvalue weighted by Gasteiger charge is -2.15. The topological polar surface area (TPSA) is 42.2 Å². The summed E-state index contributed by atoms with van der Waals surface area (Å²) in [6.07, 6.45) is 7.83. The van der Waals surface area contributed by atoms with Gasteiger partial charge < -0.3 is 5.32 Å². The highest BCUT2D eigenvalue weighted by Gasteiger charge is 2.15. The largest absolute Gasteiger partial charge is 0.313 e. The number of halogens is 1. The molecule has 1 unspecified atom stereocenters. The highest BCUT2D eigenvalue weighted by atomic mass is 19.1. The average molecular weight is 270 g/mol. The average Bonchev–Trinajstić information content (AvgIpc) is 2.89. The predicted molar refractivity (Wildman–Crippen MR) is 74.9 cm³/mol. The Morgan fingerprint density at radius 3 is 3.05 bits per heavy atom. The summed E-state index contributed by atoms with van der Waals surface area (Å²) in [6, 6.07) is 6.75. The van der Waals surface area contributed by atoms with Crippen molar-refractivity contribution in [2.45, 2.75) is 12.5 Å². The molecule has 0 saturated carbocycles. The standard InChI is InChI=1S/C15H15FN4/c1-17-14(8-11-3-2-4-12(16)7-11)13-9-19-20-6-5-18-10-15(13)20/h2-7,9-10,14,17H,8H2,1H3. The normalized spacial score (nSPS) is 12.7. The molecule has 1 N–H and O–H groups in total. The molecular weight excluding hydrogens is 255 g/mol. The van der Waals surface area contributed by atoms with Crippen molar-refractivity contribution >= 4 is 5.52 Å². The van der Waals surface area contributed by atoms with Crippen molar-refractivity contribution in [3.63, 3.8) is 0 Å². The van der Waals surface area contributed by atoms with E-state index < -0.39 is 0 Å². The molecule has 0 amide bonds. The van der Waals surface area contributed by atoms with Crippen molar-refractivity contribution in [2.24, 2.45) is 0 Å². The molecule has 0 bridgehead atoms. The molecule has 0 radical (unpaired) electrons. The maximum atomic E-state index is 13.3. The van der Waals surface area contributed by atoms with Crippen LogP contribution in [0.5, 0.6) is 0 Å². The van der Waals surface area contributed by atoms with Gasteiger partial charge in [0.1, 0.15) is 5.82 Å². The monoisotopic (exact) mass is 270 g/mol. The first-order valence-electron chi connectivity index (χ1n) is 6.47. The molecule has 0 saturated heterocycles. The van der Waals surface area contributed by atoms with E-state index in [1.807, 2.05) is 25.5 Å². The van der Waals surface area contributed by atoms with E-state index in [-0.39, 0.29) is 11.9 Å². The zero-order valence-electron chi connectivity index (χ0n) is 11.1. The molecule has 0 aliphatic heterocycles. The Morgan fingerprint density at radius 2 is 2.25 bits per heavy atom. The van der Waals surface area contributed by atoms with E-state index in [1.165, 1.54) is 6.07 Å². The molecular formula is C15H15FN4. The number of hydrogen-bond donors (Lipinski definition) is 1. The van der Waals surface area contributed by atoms with Crippen LogP contribution in [0.4, 0.5) is 4.39 Å². The van der Waals surface area contributed by atoms with E-state index in [1.54, 1.807) is 29.0 Å². The van der Waals surface area contributed by atoms with Gasteiger partial charge in [0.15, 0.2) is 0 Å². The van der Waals surface area contributed by atoms with Gasteiger partial charge in [0.05, 0.1) is 17.9 Å². The van der Waals surface area contributed by atoms with Crippen LogP contribution in [0.15, 0.2) is 49.1 Å². The Hall–Kier alpha value is -2.27. The lowest BCUT2D eigenvalue weighted by molar-refractivity contribution is 0.587. The van der Waals surface area contributed by atoms with Crippen molar-refractivity contribution in [1.82, 2.24) is 19.9 Å². The number of nitrogens with zero attached hydrogens (tertiary/aromatic N) is 3. The van der Waals surface area contributed by atoms with Gasteiger partial charge in [-0.1, -0.05) is 12.1 Å². The molecule has 2 aromatic heterocycles. The first kappa shape index (κ1) is 12.7. The van der Waals surface area contributed by atoms with Gasteiger partial charge >= 0.3 is 0 Å². The molecule has 0 aliphatic rings. The number of rotatable bonds is 4. The second-order valence-electron chi connectivity index (χ2n) is 4.68. The van der Waals surface area contributed by atoms with E-state index >= 15 is 0 Å². The van der Waals surface area contributed by atoms with Crippen LogP contribution in [0.3, 0.4) is 0 Å². The molecule has 5 heteroatoms. The second-order valence-corrected chi connectivity index (χ2v) is 4.68. The van der Waals surface area contributed by atoms with E-state index in [0.29, 0.717) is 6.42 Å². The molecule has 0 aliphatic carbocycles. The highest BCUT2D eigenvalue weighted by Crippen LogP contribution is 2.22. The number of hydrogen-bond acceptors (Lipinski definition) is 3. The smallest absolute Gasteiger partial charge is 0.123 e. The molecule has 3 rings (SSSR count). The molecule has 4 nitrogen and oxygen atoms in total. The van der Waals surface area contributed by atoms with Crippen molar-refractivity contribution in [3.05, 3.63) is 66.0 Å². The van der Waals surface area contributed by atoms with Crippen LogP contribution in [0.25, 0.3) is 5.52 Å². The quantitative estimate of drug-likeness (QED) is 0.791.